The Morgan fingerprint density at radius 3 is 2.76 bits per heavy atom. The van der Waals surface area contributed by atoms with Crippen molar-refractivity contribution in [3.63, 3.8) is 0 Å². The van der Waals surface area contributed by atoms with Gasteiger partial charge in [0, 0.05) is 12.1 Å². The maximum absolute atomic E-state index is 12.4. The minimum absolute atomic E-state index is 0.0901. The number of nitro benzene ring substituents is 1. The van der Waals surface area contributed by atoms with Crippen molar-refractivity contribution in [2.45, 2.75) is 39.2 Å². The Balaban J connectivity index is 2.17. The molecule has 0 aliphatic heterocycles. The van der Waals surface area contributed by atoms with Crippen molar-refractivity contribution in [1.82, 2.24) is 5.32 Å². The van der Waals surface area contributed by atoms with E-state index >= 15 is 0 Å². The SMILES string of the molecule is CC1CCCC(NC(=O)c2cccc([N+](=O)[O-])c2Br)C1C. The zero-order chi connectivity index (χ0) is 15.6. The van der Waals surface area contributed by atoms with Gasteiger partial charge in [0.1, 0.15) is 4.47 Å². The third-order valence-corrected chi connectivity index (χ3v) is 5.28. The molecule has 114 valence electrons. The Hall–Kier alpha value is -1.43. The highest BCUT2D eigenvalue weighted by Crippen LogP contribution is 2.31. The molecular weight excluding hydrogens is 336 g/mol. The van der Waals surface area contributed by atoms with Gasteiger partial charge in [-0.2, -0.15) is 0 Å². The lowest BCUT2D eigenvalue weighted by Gasteiger charge is -2.34. The van der Waals surface area contributed by atoms with Crippen LogP contribution in [0.2, 0.25) is 0 Å². The summed E-state index contributed by atoms with van der Waals surface area (Å²) in [6, 6.07) is 4.65. The number of hydrogen-bond acceptors (Lipinski definition) is 3. The quantitative estimate of drug-likeness (QED) is 0.660. The van der Waals surface area contributed by atoms with Crippen molar-refractivity contribution in [2.75, 3.05) is 0 Å². The van der Waals surface area contributed by atoms with Gasteiger partial charge in [0.2, 0.25) is 0 Å². The van der Waals surface area contributed by atoms with Crippen LogP contribution in [0, 0.1) is 22.0 Å². The fourth-order valence-corrected chi connectivity index (χ4v) is 3.46. The lowest BCUT2D eigenvalue weighted by Crippen LogP contribution is -2.43. The lowest BCUT2D eigenvalue weighted by molar-refractivity contribution is -0.385. The second kappa shape index (κ2) is 6.56. The Labute approximate surface area is 132 Å². The molecule has 0 heterocycles. The number of nitrogens with zero attached hydrogens (tertiary/aromatic N) is 1. The summed E-state index contributed by atoms with van der Waals surface area (Å²) in [6.45, 7) is 4.35. The average molecular weight is 355 g/mol. The number of rotatable bonds is 3. The van der Waals surface area contributed by atoms with E-state index in [0.717, 1.165) is 12.8 Å². The summed E-state index contributed by atoms with van der Waals surface area (Å²) in [4.78, 5) is 22.8. The average Bonchev–Trinajstić information content (AvgIpc) is 2.43. The van der Waals surface area contributed by atoms with Gasteiger partial charge < -0.3 is 5.32 Å². The molecule has 5 nitrogen and oxygen atoms in total. The van der Waals surface area contributed by atoms with Crippen LogP contribution in [-0.4, -0.2) is 16.9 Å². The smallest absolute Gasteiger partial charge is 0.284 e. The third-order valence-electron chi connectivity index (χ3n) is 4.44. The first-order chi connectivity index (χ1) is 9.91. The van der Waals surface area contributed by atoms with E-state index in [-0.39, 0.29) is 22.1 Å². The van der Waals surface area contributed by atoms with E-state index in [1.807, 2.05) is 0 Å². The van der Waals surface area contributed by atoms with Gasteiger partial charge in [-0.05, 0) is 40.3 Å². The van der Waals surface area contributed by atoms with Crippen molar-refractivity contribution in [3.05, 3.63) is 38.3 Å². The lowest BCUT2D eigenvalue weighted by atomic mass is 9.78. The summed E-state index contributed by atoms with van der Waals surface area (Å²) in [7, 11) is 0. The highest BCUT2D eigenvalue weighted by molar-refractivity contribution is 9.10. The van der Waals surface area contributed by atoms with Crippen LogP contribution < -0.4 is 5.32 Å². The van der Waals surface area contributed by atoms with E-state index in [0.29, 0.717) is 17.4 Å². The molecule has 3 unspecified atom stereocenters. The molecule has 2 rings (SSSR count). The van der Waals surface area contributed by atoms with Crippen molar-refractivity contribution >= 4 is 27.5 Å². The van der Waals surface area contributed by atoms with Gasteiger partial charge in [-0.3, -0.25) is 14.9 Å². The van der Waals surface area contributed by atoms with Crippen molar-refractivity contribution in [2.24, 2.45) is 11.8 Å². The third kappa shape index (κ3) is 3.43. The minimum atomic E-state index is -0.494. The van der Waals surface area contributed by atoms with Gasteiger partial charge in [0.15, 0.2) is 0 Å². The second-order valence-electron chi connectivity index (χ2n) is 5.74. The van der Waals surface area contributed by atoms with E-state index < -0.39 is 4.92 Å². The zero-order valence-corrected chi connectivity index (χ0v) is 13.7. The van der Waals surface area contributed by atoms with E-state index in [2.05, 4.69) is 35.1 Å². The molecule has 1 aliphatic rings. The van der Waals surface area contributed by atoms with Crippen LogP contribution in [0.25, 0.3) is 0 Å². The molecular formula is C15H19BrN2O3. The van der Waals surface area contributed by atoms with Crippen LogP contribution in [0.5, 0.6) is 0 Å². The topological polar surface area (TPSA) is 72.2 Å². The molecule has 1 aromatic rings. The number of halogens is 1. The van der Waals surface area contributed by atoms with Gasteiger partial charge in [-0.15, -0.1) is 0 Å². The molecule has 3 atom stereocenters. The first-order valence-corrected chi connectivity index (χ1v) is 7.95. The number of hydrogen-bond donors (Lipinski definition) is 1. The van der Waals surface area contributed by atoms with Crippen LogP contribution in [0.1, 0.15) is 43.5 Å². The summed E-state index contributed by atoms with van der Waals surface area (Å²) in [5, 5.41) is 14.0. The van der Waals surface area contributed by atoms with Gasteiger partial charge in [0.25, 0.3) is 11.6 Å². The van der Waals surface area contributed by atoms with Crippen molar-refractivity contribution < 1.29 is 9.72 Å². The number of nitro groups is 1. The molecule has 1 aliphatic carbocycles. The first kappa shape index (κ1) is 15.9. The van der Waals surface area contributed by atoms with Gasteiger partial charge >= 0.3 is 0 Å². The van der Waals surface area contributed by atoms with E-state index in [1.165, 1.54) is 18.6 Å². The monoisotopic (exact) mass is 354 g/mol. The van der Waals surface area contributed by atoms with Crippen molar-refractivity contribution in [1.29, 1.82) is 0 Å². The normalized spacial score (nSPS) is 25.4. The van der Waals surface area contributed by atoms with E-state index in [4.69, 9.17) is 0 Å². The Bertz CT molecular complexity index is 562. The number of carbonyl (C=O) groups is 1. The van der Waals surface area contributed by atoms with E-state index in [1.54, 1.807) is 6.07 Å². The summed E-state index contributed by atoms with van der Waals surface area (Å²) in [5.41, 5.74) is 0.224. The molecule has 0 radical (unpaired) electrons. The summed E-state index contributed by atoms with van der Waals surface area (Å²) in [5.74, 6) is 0.745. The molecule has 1 saturated carbocycles. The maximum Gasteiger partial charge on any atom is 0.284 e. The summed E-state index contributed by atoms with van der Waals surface area (Å²) >= 11 is 3.17. The van der Waals surface area contributed by atoms with Crippen molar-refractivity contribution in [3.8, 4) is 0 Å². The zero-order valence-electron chi connectivity index (χ0n) is 12.1. The van der Waals surface area contributed by atoms with E-state index in [9.17, 15) is 14.9 Å². The molecule has 1 amide bonds. The molecule has 0 spiro atoms. The Morgan fingerprint density at radius 2 is 2.10 bits per heavy atom. The molecule has 0 saturated heterocycles. The predicted molar refractivity (Wildman–Crippen MR) is 84.2 cm³/mol. The van der Waals surface area contributed by atoms with Crippen LogP contribution in [0.15, 0.2) is 22.7 Å². The fraction of sp³-hybridized carbons (Fsp3) is 0.533. The number of nitrogens with one attached hydrogen (secondary N) is 1. The molecule has 6 heteroatoms. The maximum atomic E-state index is 12.4. The van der Waals surface area contributed by atoms with Crippen LogP contribution in [0.4, 0.5) is 5.69 Å². The minimum Gasteiger partial charge on any atom is -0.349 e. The van der Waals surface area contributed by atoms with Crippen LogP contribution >= 0.6 is 15.9 Å². The fourth-order valence-electron chi connectivity index (χ4n) is 2.87. The summed E-state index contributed by atoms with van der Waals surface area (Å²) < 4.78 is 0.240. The first-order valence-electron chi connectivity index (χ1n) is 7.15. The number of benzene rings is 1. The molecule has 1 N–H and O–H groups in total. The summed E-state index contributed by atoms with van der Waals surface area (Å²) in [6.07, 6.45) is 3.25. The van der Waals surface area contributed by atoms with Gasteiger partial charge in [0.05, 0.1) is 10.5 Å². The highest BCUT2D eigenvalue weighted by Gasteiger charge is 2.29. The Morgan fingerprint density at radius 1 is 1.38 bits per heavy atom. The molecule has 21 heavy (non-hydrogen) atoms. The van der Waals surface area contributed by atoms with Gasteiger partial charge in [-0.1, -0.05) is 32.8 Å². The largest absolute Gasteiger partial charge is 0.349 e. The molecule has 1 aromatic carbocycles. The number of amides is 1. The standard InChI is InChI=1S/C15H19BrN2O3/c1-9-5-3-7-12(10(9)2)17-15(19)11-6-4-8-13(14(11)16)18(20)21/h4,6,8-10,12H,3,5,7H2,1-2H3,(H,17,19). The molecule has 0 aromatic heterocycles. The van der Waals surface area contributed by atoms with Crippen LogP contribution in [-0.2, 0) is 0 Å². The second-order valence-corrected chi connectivity index (χ2v) is 6.54. The molecule has 0 bridgehead atoms. The number of carbonyl (C=O) groups excluding carboxylic acids is 1. The molecule has 1 fully saturated rings. The van der Waals surface area contributed by atoms with Gasteiger partial charge in [-0.25, -0.2) is 0 Å². The van der Waals surface area contributed by atoms with Crippen LogP contribution in [0.3, 0.4) is 0 Å². The Kier molecular flexibility index (Phi) is 4.98. The highest BCUT2D eigenvalue weighted by atomic mass is 79.9. The predicted octanol–water partition coefficient (Wildman–Crippen LogP) is 3.91.